The lowest BCUT2D eigenvalue weighted by Gasteiger charge is -2.44. The quantitative estimate of drug-likeness (QED) is 0.0594. The highest BCUT2D eigenvalue weighted by atomic mass is 16.5. The number of hydrogen-bond donors (Lipinski definition) is 2. The molecule has 4 aromatic rings. The molecule has 0 saturated carbocycles. The molecule has 0 radical (unpaired) electrons. The Labute approximate surface area is 383 Å². The van der Waals surface area contributed by atoms with Crippen molar-refractivity contribution in [1.29, 1.82) is 0 Å². The molecule has 0 spiro atoms. The van der Waals surface area contributed by atoms with Gasteiger partial charge in [-0.1, -0.05) is 140 Å². The van der Waals surface area contributed by atoms with E-state index in [2.05, 4.69) is 78.0 Å². The van der Waals surface area contributed by atoms with Gasteiger partial charge < -0.3 is 25.0 Å². The van der Waals surface area contributed by atoms with Crippen LogP contribution in [-0.2, 0) is 38.6 Å². The number of phenols is 1. The predicted octanol–water partition coefficient (Wildman–Crippen LogP) is 9.66. The fraction of sp³-hybridized carbons (Fsp3) is 0.315. The van der Waals surface area contributed by atoms with Crippen LogP contribution in [0.4, 0.5) is 4.79 Å². The fourth-order valence-electron chi connectivity index (χ4n) is 8.01. The zero-order valence-electron chi connectivity index (χ0n) is 37.3. The molecule has 2 aliphatic rings. The van der Waals surface area contributed by atoms with E-state index in [0.29, 0.717) is 6.42 Å². The first-order valence-corrected chi connectivity index (χ1v) is 22.7. The summed E-state index contributed by atoms with van der Waals surface area (Å²) in [6.45, 7) is 2.25. The van der Waals surface area contributed by atoms with E-state index in [-0.39, 0.29) is 50.7 Å². The van der Waals surface area contributed by atoms with Crippen molar-refractivity contribution in [3.05, 3.63) is 181 Å². The number of rotatable bonds is 22. The van der Waals surface area contributed by atoms with Crippen molar-refractivity contribution < 1.29 is 29.0 Å². The summed E-state index contributed by atoms with van der Waals surface area (Å²) in [5.41, 5.74) is 3.27. The zero-order valence-corrected chi connectivity index (χ0v) is 37.3. The number of aromatic nitrogens is 1. The standard InChI is InChI=1S/C54H61N5O6/c1-2-3-4-5-6-7-8-9-10-11-12-13-14-15-16-17-18-19-23-31-51(61)65-41-49-53(63)58-48(37-42-32-34-45(60)35-33-42)52(62)57(39-44-28-24-30-47-46(44)29-25-36-55-47)40-50(58)59(49)54(64)56-38-43-26-21-20-22-27-43/h3-4,6-7,9-10,12-13,15-16,18-22,24-30,32-36,48-50,60H,2,5,8,11,14,17,23,31,37-41H2,1H3,(H,56,64)/b4-3-,7-6-,10-9-,13-12-,16-15-,19-18-/t48-,49-,50-/m0/s1. The average Bonchev–Trinajstić information content (AvgIpc) is 3.60. The Morgan fingerprint density at radius 1 is 0.723 bits per heavy atom. The number of carbonyl (C=O) groups is 4. The van der Waals surface area contributed by atoms with E-state index in [1.54, 1.807) is 35.4 Å². The number of carbonyl (C=O) groups excluding carboxylic acids is 4. The number of benzene rings is 3. The maximum Gasteiger partial charge on any atom is 0.320 e. The maximum atomic E-state index is 14.6. The van der Waals surface area contributed by atoms with Crippen LogP contribution in [0.5, 0.6) is 5.75 Å². The van der Waals surface area contributed by atoms with Crippen LogP contribution in [0.25, 0.3) is 10.9 Å². The fourth-order valence-corrected chi connectivity index (χ4v) is 8.01. The second-order valence-electron chi connectivity index (χ2n) is 16.0. The third-order valence-corrected chi connectivity index (χ3v) is 11.3. The first kappa shape index (κ1) is 47.5. The van der Waals surface area contributed by atoms with Crippen LogP contribution < -0.4 is 5.32 Å². The number of nitrogens with one attached hydrogen (secondary N) is 1. The molecule has 3 aromatic carbocycles. The third kappa shape index (κ3) is 14.0. The normalized spacial score (nSPS) is 17.9. The SMILES string of the molecule is CC/C=C\C/C=C\C/C=C\C/C=C\C/C=C\C/C=C\CCC(=O)OC[C@H]1C(=O)N2[C@H](CN(Cc3cccc4ncccc34)C(=O)[C@@H]2Cc2ccc(O)cc2)N1C(=O)NCc1ccccc1. The summed E-state index contributed by atoms with van der Waals surface area (Å²) in [6, 6.07) is 22.9. The Balaban J connectivity index is 1.08. The molecule has 0 aliphatic carbocycles. The third-order valence-electron chi connectivity index (χ3n) is 11.3. The Morgan fingerprint density at radius 2 is 1.37 bits per heavy atom. The number of esters is 1. The first-order valence-electron chi connectivity index (χ1n) is 22.7. The van der Waals surface area contributed by atoms with E-state index >= 15 is 0 Å². The summed E-state index contributed by atoms with van der Waals surface area (Å²) >= 11 is 0. The van der Waals surface area contributed by atoms with E-state index in [1.165, 1.54) is 9.80 Å². The van der Waals surface area contributed by atoms with Crippen molar-refractivity contribution in [3.8, 4) is 5.75 Å². The summed E-state index contributed by atoms with van der Waals surface area (Å²) < 4.78 is 5.74. The molecule has 11 heteroatoms. The van der Waals surface area contributed by atoms with Gasteiger partial charge in [-0.25, -0.2) is 4.79 Å². The number of pyridine rings is 1. The van der Waals surface area contributed by atoms with Gasteiger partial charge in [-0.05, 0) is 85.9 Å². The van der Waals surface area contributed by atoms with Gasteiger partial charge in [0.25, 0.3) is 5.91 Å². The van der Waals surface area contributed by atoms with Crippen molar-refractivity contribution in [2.75, 3.05) is 13.2 Å². The summed E-state index contributed by atoms with van der Waals surface area (Å²) in [7, 11) is 0. The molecule has 11 nitrogen and oxygen atoms in total. The molecule has 6 rings (SSSR count). The van der Waals surface area contributed by atoms with Gasteiger partial charge in [-0.2, -0.15) is 0 Å². The Morgan fingerprint density at radius 3 is 2.03 bits per heavy atom. The Kier molecular flexibility index (Phi) is 18.5. The van der Waals surface area contributed by atoms with Gasteiger partial charge in [0.1, 0.15) is 30.6 Å². The topological polar surface area (TPSA) is 132 Å². The minimum absolute atomic E-state index is 0.0409. The van der Waals surface area contributed by atoms with Gasteiger partial charge in [0.05, 0.1) is 12.1 Å². The number of aromatic hydroxyl groups is 1. The molecule has 2 saturated heterocycles. The number of hydrogen-bond acceptors (Lipinski definition) is 7. The molecule has 338 valence electrons. The maximum absolute atomic E-state index is 14.6. The Hall–Kier alpha value is -7.01. The summed E-state index contributed by atoms with van der Waals surface area (Å²) in [4.78, 5) is 65.7. The van der Waals surface area contributed by atoms with Crippen LogP contribution >= 0.6 is 0 Å². The van der Waals surface area contributed by atoms with Crippen molar-refractivity contribution in [2.45, 2.75) is 96.1 Å². The van der Waals surface area contributed by atoms with E-state index in [0.717, 1.165) is 66.1 Å². The molecular formula is C54H61N5O6. The summed E-state index contributed by atoms with van der Waals surface area (Å²) in [5, 5.41) is 13.9. The number of amides is 4. The van der Waals surface area contributed by atoms with Gasteiger partial charge in [-0.15, -0.1) is 0 Å². The highest BCUT2D eigenvalue weighted by molar-refractivity contribution is 5.97. The zero-order chi connectivity index (χ0) is 45.6. The second kappa shape index (κ2) is 25.3. The van der Waals surface area contributed by atoms with Crippen molar-refractivity contribution in [3.63, 3.8) is 0 Å². The molecular weight excluding hydrogens is 815 g/mol. The largest absolute Gasteiger partial charge is 0.508 e. The number of urea groups is 1. The van der Waals surface area contributed by atoms with Crippen LogP contribution in [0.3, 0.4) is 0 Å². The minimum atomic E-state index is -1.16. The average molecular weight is 876 g/mol. The summed E-state index contributed by atoms with van der Waals surface area (Å²) in [6.07, 6.45) is 32.6. The number of ether oxygens (including phenoxy) is 1. The lowest BCUT2D eigenvalue weighted by Crippen LogP contribution is -2.64. The molecule has 65 heavy (non-hydrogen) atoms. The molecule has 3 heterocycles. The molecule has 4 amide bonds. The number of allylic oxidation sites excluding steroid dienone is 12. The minimum Gasteiger partial charge on any atom is -0.508 e. The van der Waals surface area contributed by atoms with E-state index in [9.17, 15) is 24.3 Å². The summed E-state index contributed by atoms with van der Waals surface area (Å²) in [5.74, 6) is -1.16. The molecule has 2 N–H and O–H groups in total. The van der Waals surface area contributed by atoms with Crippen LogP contribution in [0.2, 0.25) is 0 Å². The Bertz CT molecular complexity index is 2360. The number of piperazine rings is 1. The molecule has 2 aliphatic heterocycles. The lowest BCUT2D eigenvalue weighted by molar-refractivity contribution is -0.154. The number of fused-ring (bicyclic) bond motifs is 2. The van der Waals surface area contributed by atoms with Crippen LogP contribution in [-0.4, -0.2) is 80.0 Å². The smallest absolute Gasteiger partial charge is 0.320 e. The van der Waals surface area contributed by atoms with Crippen molar-refractivity contribution in [2.24, 2.45) is 0 Å². The number of nitrogens with zero attached hydrogens (tertiary/aromatic N) is 4. The van der Waals surface area contributed by atoms with Crippen LogP contribution in [0.15, 0.2) is 164 Å². The van der Waals surface area contributed by atoms with Gasteiger partial charge in [0.2, 0.25) is 5.91 Å². The first-order chi connectivity index (χ1) is 31.8. The van der Waals surface area contributed by atoms with E-state index < -0.39 is 36.2 Å². The van der Waals surface area contributed by atoms with Crippen LogP contribution in [0.1, 0.15) is 75.0 Å². The molecule has 3 atom stereocenters. The van der Waals surface area contributed by atoms with Gasteiger partial charge in [0, 0.05) is 37.5 Å². The monoisotopic (exact) mass is 875 g/mol. The van der Waals surface area contributed by atoms with Gasteiger partial charge in [-0.3, -0.25) is 24.3 Å². The molecule has 1 aromatic heterocycles. The van der Waals surface area contributed by atoms with Crippen molar-refractivity contribution in [1.82, 2.24) is 25.0 Å². The van der Waals surface area contributed by atoms with Crippen molar-refractivity contribution >= 4 is 34.7 Å². The van der Waals surface area contributed by atoms with Gasteiger partial charge >= 0.3 is 12.0 Å². The van der Waals surface area contributed by atoms with E-state index in [4.69, 9.17) is 4.74 Å². The van der Waals surface area contributed by atoms with Gasteiger partial charge in [0.15, 0.2) is 0 Å². The second-order valence-corrected chi connectivity index (χ2v) is 16.0. The highest BCUT2D eigenvalue weighted by Crippen LogP contribution is 2.33. The molecule has 0 bridgehead atoms. The number of phenolic OH excluding ortho intramolecular Hbond substituents is 1. The molecule has 2 fully saturated rings. The molecule has 0 unspecified atom stereocenters. The van der Waals surface area contributed by atoms with E-state index in [1.807, 2.05) is 72.8 Å². The lowest BCUT2D eigenvalue weighted by atomic mass is 9.99. The highest BCUT2D eigenvalue weighted by Gasteiger charge is 2.56. The predicted molar refractivity (Wildman–Crippen MR) is 256 cm³/mol. The van der Waals surface area contributed by atoms with Crippen LogP contribution in [0, 0.1) is 0 Å².